The number of nitrogens with one attached hydrogen (secondary N) is 1. The summed E-state index contributed by atoms with van der Waals surface area (Å²) in [5.74, 6) is 0.258. The van der Waals surface area contributed by atoms with Crippen molar-refractivity contribution in [3.8, 4) is 11.5 Å². The third kappa shape index (κ3) is 6.74. The molecule has 2 aromatic rings. The molecule has 0 radical (unpaired) electrons. The van der Waals surface area contributed by atoms with Gasteiger partial charge in [0.15, 0.2) is 11.5 Å². The topological polar surface area (TPSA) is 92.3 Å². The van der Waals surface area contributed by atoms with Gasteiger partial charge in [-0.15, -0.1) is 0 Å². The summed E-state index contributed by atoms with van der Waals surface area (Å²) in [7, 11) is 5.02. The lowest BCUT2D eigenvalue weighted by Gasteiger charge is -2.33. The van der Waals surface area contributed by atoms with Crippen molar-refractivity contribution in [2.45, 2.75) is 39.7 Å². The molecule has 39 heavy (non-hydrogen) atoms. The van der Waals surface area contributed by atoms with E-state index in [0.717, 1.165) is 16.8 Å². The minimum Gasteiger partial charge on any atom is -0.493 e. The monoisotopic (exact) mass is 539 g/mol. The minimum absolute atomic E-state index is 0.0319. The minimum atomic E-state index is -0.760. The number of esters is 2. The van der Waals surface area contributed by atoms with Gasteiger partial charge in [0, 0.05) is 18.9 Å². The van der Waals surface area contributed by atoms with Gasteiger partial charge in [0.2, 0.25) is 0 Å². The van der Waals surface area contributed by atoms with Crippen molar-refractivity contribution in [3.63, 3.8) is 0 Å². The van der Waals surface area contributed by atoms with Gasteiger partial charge in [0.25, 0.3) is 0 Å². The van der Waals surface area contributed by atoms with E-state index in [1.807, 2.05) is 58.2 Å². The number of rotatable bonds is 12. The van der Waals surface area contributed by atoms with E-state index < -0.39 is 5.60 Å². The highest BCUT2D eigenvalue weighted by Gasteiger charge is 2.48. The Morgan fingerprint density at radius 2 is 1.85 bits per heavy atom. The molecule has 1 saturated heterocycles. The van der Waals surface area contributed by atoms with Crippen molar-refractivity contribution in [1.29, 1.82) is 0 Å². The number of carbonyl (C=O) groups is 2. The number of anilines is 1. The fraction of sp³-hybridized carbons (Fsp3) is 0.484. The van der Waals surface area contributed by atoms with Crippen molar-refractivity contribution in [1.82, 2.24) is 0 Å². The first-order valence-electron chi connectivity index (χ1n) is 13.4. The van der Waals surface area contributed by atoms with Crippen molar-refractivity contribution < 1.29 is 33.3 Å². The molecule has 2 aromatic carbocycles. The number of hydrogen-bond acceptors (Lipinski definition) is 8. The maximum Gasteiger partial charge on any atom is 0.338 e. The molecular weight excluding hydrogens is 498 g/mol. The Labute approximate surface area is 231 Å². The molecule has 0 spiro atoms. The molecule has 1 fully saturated rings. The van der Waals surface area contributed by atoms with E-state index in [-0.39, 0.29) is 36.3 Å². The predicted molar refractivity (Wildman–Crippen MR) is 151 cm³/mol. The number of benzene rings is 2. The molecule has 1 aliphatic rings. The molecular formula is C31H41NO7. The van der Waals surface area contributed by atoms with E-state index >= 15 is 0 Å². The van der Waals surface area contributed by atoms with Crippen LogP contribution in [0.25, 0.3) is 6.08 Å². The lowest BCUT2D eigenvalue weighted by Crippen LogP contribution is -2.35. The molecule has 1 aliphatic heterocycles. The third-order valence-corrected chi connectivity index (χ3v) is 7.50. The van der Waals surface area contributed by atoms with E-state index in [4.69, 9.17) is 23.7 Å². The average molecular weight is 540 g/mol. The van der Waals surface area contributed by atoms with E-state index in [9.17, 15) is 9.59 Å². The molecule has 0 amide bonds. The molecule has 0 bridgehead atoms. The number of methoxy groups -OCH3 is 2. The van der Waals surface area contributed by atoms with Crippen molar-refractivity contribution in [3.05, 3.63) is 59.2 Å². The van der Waals surface area contributed by atoms with Crippen molar-refractivity contribution in [2.75, 3.05) is 46.4 Å². The number of ether oxygens (including phenoxy) is 5. The zero-order chi connectivity index (χ0) is 28.6. The van der Waals surface area contributed by atoms with Gasteiger partial charge in [-0.1, -0.05) is 38.1 Å². The van der Waals surface area contributed by atoms with Gasteiger partial charge in [-0.25, -0.2) is 4.79 Å². The predicted octanol–water partition coefficient (Wildman–Crippen LogP) is 5.70. The van der Waals surface area contributed by atoms with E-state index in [2.05, 4.69) is 11.4 Å². The van der Waals surface area contributed by atoms with Crippen LogP contribution < -0.4 is 14.8 Å². The summed E-state index contributed by atoms with van der Waals surface area (Å²) >= 11 is 0. The SMILES string of the molecule is CCOC(=O)c1ccc(/C=C/C2CO[C@](C)(c3cc(NC)c(OC)c(OC)c3)C2COC(=O)C(C)CC)cc1. The molecule has 4 atom stereocenters. The zero-order valence-corrected chi connectivity index (χ0v) is 24.0. The summed E-state index contributed by atoms with van der Waals surface area (Å²) in [5.41, 5.74) is 2.35. The number of carbonyl (C=O) groups excluding carboxylic acids is 2. The summed E-state index contributed by atoms with van der Waals surface area (Å²) in [5, 5.41) is 3.18. The van der Waals surface area contributed by atoms with E-state index in [1.165, 1.54) is 0 Å². The van der Waals surface area contributed by atoms with E-state index in [1.54, 1.807) is 33.3 Å². The first-order valence-corrected chi connectivity index (χ1v) is 13.4. The average Bonchev–Trinajstić information content (AvgIpc) is 3.29. The quantitative estimate of drug-likeness (QED) is 0.343. The Kier molecular flexibility index (Phi) is 10.4. The Balaban J connectivity index is 1.93. The molecule has 1 heterocycles. The van der Waals surface area contributed by atoms with Gasteiger partial charge in [-0.05, 0) is 55.7 Å². The van der Waals surface area contributed by atoms with Crippen LogP contribution >= 0.6 is 0 Å². The first-order chi connectivity index (χ1) is 18.7. The summed E-state index contributed by atoms with van der Waals surface area (Å²) < 4.78 is 28.6. The van der Waals surface area contributed by atoms with Gasteiger partial charge in [-0.3, -0.25) is 4.79 Å². The van der Waals surface area contributed by atoms with Gasteiger partial charge in [0.1, 0.15) is 0 Å². The fourth-order valence-electron chi connectivity index (χ4n) is 4.77. The van der Waals surface area contributed by atoms with E-state index in [0.29, 0.717) is 36.7 Å². The van der Waals surface area contributed by atoms with Crippen LogP contribution in [0.1, 0.15) is 55.6 Å². The van der Waals surface area contributed by atoms with Crippen LogP contribution in [-0.4, -0.2) is 53.0 Å². The lowest BCUT2D eigenvalue weighted by atomic mass is 9.78. The molecule has 3 unspecified atom stereocenters. The smallest absolute Gasteiger partial charge is 0.338 e. The lowest BCUT2D eigenvalue weighted by molar-refractivity contribution is -0.151. The Morgan fingerprint density at radius 3 is 2.44 bits per heavy atom. The summed E-state index contributed by atoms with van der Waals surface area (Å²) in [6, 6.07) is 11.2. The molecule has 8 heteroatoms. The highest BCUT2D eigenvalue weighted by Crippen LogP contribution is 2.48. The second-order valence-electron chi connectivity index (χ2n) is 9.84. The molecule has 8 nitrogen and oxygen atoms in total. The molecule has 1 N–H and O–H groups in total. The van der Waals surface area contributed by atoms with Gasteiger partial charge in [-0.2, -0.15) is 0 Å². The summed E-state index contributed by atoms with van der Waals surface area (Å²) in [4.78, 5) is 24.6. The van der Waals surface area contributed by atoms with Gasteiger partial charge >= 0.3 is 11.9 Å². The largest absolute Gasteiger partial charge is 0.493 e. The summed E-state index contributed by atoms with van der Waals surface area (Å²) in [6.07, 6.45) is 4.81. The summed E-state index contributed by atoms with van der Waals surface area (Å²) in [6.45, 7) is 8.64. The maximum atomic E-state index is 12.6. The van der Waals surface area contributed by atoms with Crippen LogP contribution in [0.5, 0.6) is 11.5 Å². The van der Waals surface area contributed by atoms with Crippen LogP contribution in [-0.2, 0) is 24.6 Å². The van der Waals surface area contributed by atoms with Crippen LogP contribution in [0, 0.1) is 17.8 Å². The number of hydrogen-bond donors (Lipinski definition) is 1. The second-order valence-corrected chi connectivity index (χ2v) is 9.84. The zero-order valence-electron chi connectivity index (χ0n) is 24.0. The van der Waals surface area contributed by atoms with Crippen LogP contribution in [0.3, 0.4) is 0 Å². The molecule has 212 valence electrons. The van der Waals surface area contributed by atoms with Crippen LogP contribution in [0.2, 0.25) is 0 Å². The third-order valence-electron chi connectivity index (χ3n) is 7.50. The van der Waals surface area contributed by atoms with Gasteiger partial charge < -0.3 is 29.0 Å². The van der Waals surface area contributed by atoms with Crippen LogP contribution in [0.4, 0.5) is 5.69 Å². The first kappa shape index (κ1) is 30.0. The molecule has 0 saturated carbocycles. The molecule has 0 aromatic heterocycles. The maximum absolute atomic E-state index is 12.6. The standard InChI is InChI=1S/C31H41NO7/c1-8-20(3)29(33)38-19-25-23(15-12-21-10-13-22(14-11-21)30(34)37-9-2)18-39-31(25,4)24-16-26(32-5)28(36-7)27(17-24)35-6/h10-17,20,23,25,32H,8-9,18-19H2,1-7H3/b15-12+/t20?,23?,25?,31-/m1/s1. The Morgan fingerprint density at radius 1 is 1.13 bits per heavy atom. The molecule has 3 rings (SSSR count). The Bertz CT molecular complexity index is 1140. The van der Waals surface area contributed by atoms with Crippen molar-refractivity contribution >= 4 is 23.7 Å². The Hall–Kier alpha value is -3.52. The fourth-order valence-corrected chi connectivity index (χ4v) is 4.77. The van der Waals surface area contributed by atoms with Gasteiger partial charge in [0.05, 0.1) is 56.8 Å². The normalized spacial score (nSPS) is 21.4. The highest BCUT2D eigenvalue weighted by molar-refractivity contribution is 5.89. The highest BCUT2D eigenvalue weighted by atomic mass is 16.5. The molecule has 0 aliphatic carbocycles. The van der Waals surface area contributed by atoms with Crippen molar-refractivity contribution in [2.24, 2.45) is 17.8 Å². The second kappa shape index (κ2) is 13.5. The van der Waals surface area contributed by atoms with Crippen LogP contribution in [0.15, 0.2) is 42.5 Å².